The van der Waals surface area contributed by atoms with E-state index in [2.05, 4.69) is 59.0 Å². The summed E-state index contributed by atoms with van der Waals surface area (Å²) in [6.45, 7) is 0. The first-order valence-electron chi connectivity index (χ1n) is 5.76. The maximum absolute atomic E-state index is 3.13. The van der Waals surface area contributed by atoms with Crippen LogP contribution < -0.4 is 0 Å². The molecule has 0 radical (unpaired) electrons. The molecule has 0 spiro atoms. The first kappa shape index (κ1) is 13.1. The Morgan fingerprint density at radius 2 is 1.00 bits per heavy atom. The third kappa shape index (κ3) is 4.91. The summed E-state index contributed by atoms with van der Waals surface area (Å²) in [5, 5.41) is 6.27. The molecule has 0 saturated carbocycles. The van der Waals surface area contributed by atoms with Crippen molar-refractivity contribution in [1.82, 2.24) is 0 Å². The van der Waals surface area contributed by atoms with E-state index in [9.17, 15) is 0 Å². The number of hydrogen-bond acceptors (Lipinski definition) is 2. The molecular weight excluding hydrogens is 256 g/mol. The Morgan fingerprint density at radius 3 is 1.39 bits per heavy atom. The summed E-state index contributed by atoms with van der Waals surface area (Å²) in [7, 11) is 0. The van der Waals surface area contributed by atoms with Gasteiger partial charge in [0.1, 0.15) is 0 Å². The standard InChI is InChI=1S/C16H14S2/c1-3-7-15(8-4-1)13-17-11-12-18-14-16-9-5-2-6-10-16/h1-10H,13-14H2. The molecule has 0 saturated heterocycles. The van der Waals surface area contributed by atoms with Gasteiger partial charge in [-0.05, 0) is 21.6 Å². The Morgan fingerprint density at radius 1 is 0.611 bits per heavy atom. The van der Waals surface area contributed by atoms with E-state index in [1.54, 1.807) is 23.5 Å². The quantitative estimate of drug-likeness (QED) is 0.734. The molecule has 0 aliphatic rings. The molecule has 0 amide bonds. The summed E-state index contributed by atoms with van der Waals surface area (Å²) < 4.78 is 0. The van der Waals surface area contributed by atoms with E-state index < -0.39 is 0 Å². The lowest BCUT2D eigenvalue weighted by molar-refractivity contribution is 1.42. The molecule has 0 unspecified atom stereocenters. The Labute approximate surface area is 117 Å². The lowest BCUT2D eigenvalue weighted by Gasteiger charge is -1.95. The van der Waals surface area contributed by atoms with Gasteiger partial charge in [0.15, 0.2) is 0 Å². The van der Waals surface area contributed by atoms with Crippen LogP contribution in [0.4, 0.5) is 0 Å². The van der Waals surface area contributed by atoms with Gasteiger partial charge in [-0.25, -0.2) is 0 Å². The number of thioether (sulfide) groups is 2. The topological polar surface area (TPSA) is 0 Å². The van der Waals surface area contributed by atoms with Crippen LogP contribution in [0.2, 0.25) is 0 Å². The predicted molar refractivity (Wildman–Crippen MR) is 83.3 cm³/mol. The van der Waals surface area contributed by atoms with Gasteiger partial charge in [-0.3, -0.25) is 0 Å². The molecule has 0 aliphatic heterocycles. The number of benzene rings is 2. The van der Waals surface area contributed by atoms with E-state index in [0.717, 1.165) is 11.5 Å². The molecule has 2 aromatic rings. The van der Waals surface area contributed by atoms with Crippen molar-refractivity contribution in [2.24, 2.45) is 0 Å². The molecule has 0 fully saturated rings. The number of rotatable bonds is 4. The minimum atomic E-state index is 0.958. The van der Waals surface area contributed by atoms with E-state index in [0.29, 0.717) is 0 Å². The average molecular weight is 270 g/mol. The monoisotopic (exact) mass is 270 g/mol. The normalized spacial score (nSPS) is 9.56. The maximum atomic E-state index is 3.13. The highest BCUT2D eigenvalue weighted by atomic mass is 32.2. The lowest BCUT2D eigenvalue weighted by atomic mass is 10.2. The third-order valence-electron chi connectivity index (χ3n) is 2.35. The highest BCUT2D eigenvalue weighted by Gasteiger charge is 1.90. The van der Waals surface area contributed by atoms with E-state index >= 15 is 0 Å². The van der Waals surface area contributed by atoms with E-state index in [1.807, 2.05) is 12.1 Å². The summed E-state index contributed by atoms with van der Waals surface area (Å²) in [4.78, 5) is 0. The first-order valence-corrected chi connectivity index (χ1v) is 7.74. The van der Waals surface area contributed by atoms with Gasteiger partial charge < -0.3 is 0 Å². The smallest absolute Gasteiger partial charge is 0.0308 e. The summed E-state index contributed by atoms with van der Waals surface area (Å²) in [5.41, 5.74) is 2.65. The first-order chi connectivity index (χ1) is 8.95. The van der Waals surface area contributed by atoms with E-state index in [-0.39, 0.29) is 0 Å². The second kappa shape index (κ2) is 7.92. The van der Waals surface area contributed by atoms with Crippen LogP contribution in [0.5, 0.6) is 0 Å². The van der Waals surface area contributed by atoms with Crippen molar-refractivity contribution in [3.05, 3.63) is 71.8 Å². The molecular formula is C16H14S2. The van der Waals surface area contributed by atoms with Crippen LogP contribution in [0.1, 0.15) is 11.1 Å². The molecule has 0 heterocycles. The van der Waals surface area contributed by atoms with Crippen molar-refractivity contribution in [2.75, 3.05) is 0 Å². The SMILES string of the molecule is C(#CSCc1ccccc1)SCc1ccccc1. The Kier molecular flexibility index (Phi) is 5.78. The van der Waals surface area contributed by atoms with Crippen molar-refractivity contribution < 1.29 is 0 Å². The minimum absolute atomic E-state index is 0.958. The highest BCUT2D eigenvalue weighted by Crippen LogP contribution is 2.13. The number of hydrogen-bond donors (Lipinski definition) is 0. The molecule has 2 aromatic carbocycles. The zero-order valence-electron chi connectivity index (χ0n) is 10.0. The molecule has 2 rings (SSSR count). The van der Waals surface area contributed by atoms with Gasteiger partial charge in [0, 0.05) is 11.5 Å². The van der Waals surface area contributed by atoms with Crippen LogP contribution in [0.3, 0.4) is 0 Å². The van der Waals surface area contributed by atoms with Crippen molar-refractivity contribution in [3.63, 3.8) is 0 Å². The summed E-state index contributed by atoms with van der Waals surface area (Å²) in [5.74, 6) is 1.92. The van der Waals surface area contributed by atoms with Gasteiger partial charge in [0.25, 0.3) is 0 Å². The van der Waals surface area contributed by atoms with Gasteiger partial charge in [0.05, 0.1) is 0 Å². The average Bonchev–Trinajstić information content (AvgIpc) is 2.45. The second-order valence-electron chi connectivity index (χ2n) is 3.75. The van der Waals surface area contributed by atoms with Crippen molar-refractivity contribution in [3.8, 4) is 10.5 Å². The van der Waals surface area contributed by atoms with Crippen LogP contribution in [0.25, 0.3) is 0 Å². The molecule has 18 heavy (non-hydrogen) atoms. The largest absolute Gasteiger partial charge is 0.0694 e. The van der Waals surface area contributed by atoms with Gasteiger partial charge in [-0.2, -0.15) is 0 Å². The molecule has 0 atom stereocenters. The molecule has 2 heteroatoms. The van der Waals surface area contributed by atoms with Crippen LogP contribution in [-0.2, 0) is 11.5 Å². The highest BCUT2D eigenvalue weighted by molar-refractivity contribution is 8.06. The fourth-order valence-electron chi connectivity index (χ4n) is 1.45. The van der Waals surface area contributed by atoms with Crippen molar-refractivity contribution in [2.45, 2.75) is 11.5 Å². The zero-order chi connectivity index (χ0) is 12.5. The molecule has 90 valence electrons. The molecule has 0 aliphatic carbocycles. The van der Waals surface area contributed by atoms with Crippen LogP contribution in [0, 0.1) is 10.5 Å². The van der Waals surface area contributed by atoms with Gasteiger partial charge in [-0.1, -0.05) is 84.2 Å². The summed E-state index contributed by atoms with van der Waals surface area (Å²) >= 11 is 3.32. The Balaban J connectivity index is 1.68. The molecule has 0 bridgehead atoms. The Bertz CT molecular complexity index is 462. The van der Waals surface area contributed by atoms with Crippen molar-refractivity contribution in [1.29, 1.82) is 0 Å². The van der Waals surface area contributed by atoms with Gasteiger partial charge in [0.2, 0.25) is 0 Å². The van der Waals surface area contributed by atoms with Crippen molar-refractivity contribution >= 4 is 23.5 Å². The third-order valence-corrected chi connectivity index (χ3v) is 3.93. The van der Waals surface area contributed by atoms with E-state index in [4.69, 9.17) is 0 Å². The zero-order valence-corrected chi connectivity index (χ0v) is 11.6. The van der Waals surface area contributed by atoms with Crippen LogP contribution >= 0.6 is 23.5 Å². The lowest BCUT2D eigenvalue weighted by Crippen LogP contribution is -1.76. The fourth-order valence-corrected chi connectivity index (χ4v) is 2.78. The molecule has 0 nitrogen and oxygen atoms in total. The van der Waals surface area contributed by atoms with Crippen LogP contribution in [-0.4, -0.2) is 0 Å². The fraction of sp³-hybridized carbons (Fsp3) is 0.125. The van der Waals surface area contributed by atoms with Gasteiger partial charge >= 0.3 is 0 Å². The minimum Gasteiger partial charge on any atom is -0.0694 e. The van der Waals surface area contributed by atoms with Gasteiger partial charge in [-0.15, -0.1) is 0 Å². The Hall–Kier alpha value is -1.30. The second-order valence-corrected chi connectivity index (χ2v) is 5.32. The summed E-state index contributed by atoms with van der Waals surface area (Å²) in [6.07, 6.45) is 0. The molecule has 0 aromatic heterocycles. The molecule has 0 N–H and O–H groups in total. The van der Waals surface area contributed by atoms with E-state index in [1.165, 1.54) is 11.1 Å². The maximum Gasteiger partial charge on any atom is 0.0308 e. The van der Waals surface area contributed by atoms with Crippen LogP contribution in [0.15, 0.2) is 60.7 Å². The summed E-state index contributed by atoms with van der Waals surface area (Å²) in [6, 6.07) is 20.8. The predicted octanol–water partition coefficient (Wildman–Crippen LogP) is 4.77.